The Morgan fingerprint density at radius 1 is 1.21 bits per heavy atom. The van der Waals surface area contributed by atoms with E-state index in [0.29, 0.717) is 22.8 Å². The van der Waals surface area contributed by atoms with E-state index in [4.69, 9.17) is 5.41 Å². The molecule has 2 N–H and O–H groups in total. The zero-order chi connectivity index (χ0) is 23.5. The SMILES string of the molecule is CC[C@@H](CNC(=O)c1cccc(C)c1)C(=N)C(=O)c1nc(C2CC2)sc1-c1ccc(F)cc1. The summed E-state index contributed by atoms with van der Waals surface area (Å²) in [6.45, 7) is 4.00. The third-order valence-electron chi connectivity index (χ3n) is 5.83. The Hall–Kier alpha value is -3.19. The van der Waals surface area contributed by atoms with Gasteiger partial charge in [-0.15, -0.1) is 11.3 Å². The number of hydrogen-bond acceptors (Lipinski definition) is 5. The summed E-state index contributed by atoms with van der Waals surface area (Å²) in [4.78, 5) is 31.2. The van der Waals surface area contributed by atoms with E-state index in [1.165, 1.54) is 23.5 Å². The van der Waals surface area contributed by atoms with Crippen molar-refractivity contribution < 1.29 is 14.0 Å². The molecule has 170 valence electrons. The number of thiazole rings is 1. The second kappa shape index (κ2) is 9.75. The molecule has 1 amide bonds. The molecule has 5 nitrogen and oxygen atoms in total. The van der Waals surface area contributed by atoms with E-state index in [-0.39, 0.29) is 29.7 Å². The van der Waals surface area contributed by atoms with Crippen LogP contribution in [-0.4, -0.2) is 28.9 Å². The van der Waals surface area contributed by atoms with E-state index in [9.17, 15) is 14.0 Å². The molecule has 2 aromatic carbocycles. The minimum atomic E-state index is -0.436. The van der Waals surface area contributed by atoms with Gasteiger partial charge in [-0.2, -0.15) is 0 Å². The van der Waals surface area contributed by atoms with Crippen molar-refractivity contribution in [3.8, 4) is 10.4 Å². The summed E-state index contributed by atoms with van der Waals surface area (Å²) in [7, 11) is 0. The fourth-order valence-electron chi connectivity index (χ4n) is 3.66. The van der Waals surface area contributed by atoms with Gasteiger partial charge in [0.1, 0.15) is 11.5 Å². The van der Waals surface area contributed by atoms with Crippen LogP contribution in [0.15, 0.2) is 48.5 Å². The molecule has 33 heavy (non-hydrogen) atoms. The molecule has 1 aliphatic rings. The predicted molar refractivity (Wildman–Crippen MR) is 129 cm³/mol. The number of nitrogens with zero attached hydrogens (tertiary/aromatic N) is 1. The molecule has 3 aromatic rings. The van der Waals surface area contributed by atoms with Crippen LogP contribution in [0.5, 0.6) is 0 Å². The summed E-state index contributed by atoms with van der Waals surface area (Å²) in [5.41, 5.74) is 2.44. The number of carbonyl (C=O) groups is 2. The van der Waals surface area contributed by atoms with Crippen molar-refractivity contribution in [1.82, 2.24) is 10.3 Å². The molecular formula is C26H26FN3O2S. The quantitative estimate of drug-likeness (QED) is 0.311. The molecular weight excluding hydrogens is 437 g/mol. The number of amides is 1. The van der Waals surface area contributed by atoms with Gasteiger partial charge in [-0.25, -0.2) is 9.37 Å². The highest BCUT2D eigenvalue weighted by molar-refractivity contribution is 7.15. The fourth-order valence-corrected chi connectivity index (χ4v) is 4.90. The number of halogens is 1. The zero-order valence-electron chi connectivity index (χ0n) is 18.7. The summed E-state index contributed by atoms with van der Waals surface area (Å²) in [6.07, 6.45) is 2.62. The van der Waals surface area contributed by atoms with Crippen LogP contribution >= 0.6 is 11.3 Å². The van der Waals surface area contributed by atoms with Crippen molar-refractivity contribution in [2.45, 2.75) is 39.0 Å². The first kappa shape index (κ1) is 23.0. The van der Waals surface area contributed by atoms with Gasteiger partial charge in [0, 0.05) is 23.9 Å². The van der Waals surface area contributed by atoms with Gasteiger partial charge in [-0.3, -0.25) is 9.59 Å². The number of carbonyl (C=O) groups excluding carboxylic acids is 2. The first-order valence-corrected chi connectivity index (χ1v) is 11.9. The Bertz CT molecular complexity index is 1200. The van der Waals surface area contributed by atoms with Gasteiger partial charge < -0.3 is 10.7 Å². The summed E-state index contributed by atoms with van der Waals surface area (Å²) < 4.78 is 13.4. The lowest BCUT2D eigenvalue weighted by Gasteiger charge is -2.16. The van der Waals surface area contributed by atoms with Crippen molar-refractivity contribution in [3.05, 3.63) is 76.2 Å². The van der Waals surface area contributed by atoms with Crippen molar-refractivity contribution in [3.63, 3.8) is 0 Å². The Kier molecular flexibility index (Phi) is 6.79. The second-order valence-electron chi connectivity index (χ2n) is 8.44. The number of ketones is 1. The van der Waals surface area contributed by atoms with Crippen LogP contribution in [0.2, 0.25) is 0 Å². The van der Waals surface area contributed by atoms with E-state index >= 15 is 0 Å². The number of hydrogen-bond donors (Lipinski definition) is 2. The van der Waals surface area contributed by atoms with Crippen molar-refractivity contribution in [2.24, 2.45) is 5.92 Å². The maximum absolute atomic E-state index is 13.4. The number of benzene rings is 2. The zero-order valence-corrected chi connectivity index (χ0v) is 19.5. The van der Waals surface area contributed by atoms with Crippen LogP contribution in [0, 0.1) is 24.1 Å². The summed E-state index contributed by atoms with van der Waals surface area (Å²) >= 11 is 1.45. The smallest absolute Gasteiger partial charge is 0.251 e. The van der Waals surface area contributed by atoms with Crippen molar-refractivity contribution >= 4 is 28.7 Å². The molecule has 1 aliphatic carbocycles. The first-order valence-electron chi connectivity index (χ1n) is 11.1. The maximum Gasteiger partial charge on any atom is 0.251 e. The van der Waals surface area contributed by atoms with Gasteiger partial charge >= 0.3 is 0 Å². The molecule has 0 unspecified atom stereocenters. The minimum absolute atomic E-state index is 0.0712. The van der Waals surface area contributed by atoms with Crippen molar-refractivity contribution in [2.75, 3.05) is 6.54 Å². The number of nitrogens with one attached hydrogen (secondary N) is 2. The topological polar surface area (TPSA) is 82.9 Å². The Morgan fingerprint density at radius 3 is 2.58 bits per heavy atom. The Labute approximate surface area is 196 Å². The summed E-state index contributed by atoms with van der Waals surface area (Å²) in [6, 6.07) is 13.3. The van der Waals surface area contributed by atoms with Crippen LogP contribution in [0.25, 0.3) is 10.4 Å². The molecule has 0 saturated heterocycles. The molecule has 7 heteroatoms. The van der Waals surface area contributed by atoms with E-state index in [2.05, 4.69) is 10.3 Å². The molecule has 0 bridgehead atoms. The number of Topliss-reactive ketones (excluding diaryl/α,β-unsaturated/α-hetero) is 1. The van der Waals surface area contributed by atoms with Crippen LogP contribution < -0.4 is 5.32 Å². The van der Waals surface area contributed by atoms with Gasteiger partial charge in [-0.05, 0) is 56.0 Å². The van der Waals surface area contributed by atoms with Gasteiger partial charge in [0.05, 0.1) is 15.6 Å². The average molecular weight is 464 g/mol. The van der Waals surface area contributed by atoms with E-state index in [1.807, 2.05) is 26.0 Å². The Balaban J connectivity index is 1.53. The molecule has 0 radical (unpaired) electrons. The Morgan fingerprint density at radius 2 is 1.94 bits per heavy atom. The molecule has 4 rings (SSSR count). The lowest BCUT2D eigenvalue weighted by Crippen LogP contribution is -2.35. The molecule has 1 heterocycles. The number of rotatable bonds is 9. The largest absolute Gasteiger partial charge is 0.351 e. The highest BCUT2D eigenvalue weighted by Crippen LogP contribution is 2.45. The van der Waals surface area contributed by atoms with E-state index in [1.54, 1.807) is 24.3 Å². The minimum Gasteiger partial charge on any atom is -0.351 e. The molecule has 1 aromatic heterocycles. The highest BCUT2D eigenvalue weighted by Gasteiger charge is 2.32. The number of aryl methyl sites for hydroxylation is 1. The van der Waals surface area contributed by atoms with Crippen molar-refractivity contribution in [1.29, 1.82) is 5.41 Å². The summed E-state index contributed by atoms with van der Waals surface area (Å²) in [5, 5.41) is 12.4. The third kappa shape index (κ3) is 5.25. The van der Waals surface area contributed by atoms with E-state index < -0.39 is 11.7 Å². The maximum atomic E-state index is 13.4. The van der Waals surface area contributed by atoms with Crippen LogP contribution in [0.1, 0.15) is 63.5 Å². The molecule has 0 spiro atoms. The molecule has 0 aliphatic heterocycles. The normalized spacial score (nSPS) is 14.0. The van der Waals surface area contributed by atoms with Gasteiger partial charge in [0.2, 0.25) is 5.78 Å². The van der Waals surface area contributed by atoms with Crippen LogP contribution in [0.4, 0.5) is 4.39 Å². The standard InChI is InChI=1S/C26H26FN3O2S/c1-3-16(14-29-25(32)19-6-4-5-15(2)13-19)21(28)23(31)22-24(17-9-11-20(27)12-10-17)33-26(30-22)18-7-8-18/h4-6,9-13,16,18,28H,3,7-8,14H2,1-2H3,(H,29,32)/t16-/m0/s1. The van der Waals surface area contributed by atoms with Crippen LogP contribution in [-0.2, 0) is 0 Å². The molecule has 1 atom stereocenters. The van der Waals surface area contributed by atoms with E-state index in [0.717, 1.165) is 29.0 Å². The van der Waals surface area contributed by atoms with Gasteiger partial charge in [0.15, 0.2) is 0 Å². The van der Waals surface area contributed by atoms with Gasteiger partial charge in [0.25, 0.3) is 5.91 Å². The third-order valence-corrected chi connectivity index (χ3v) is 7.09. The first-order chi connectivity index (χ1) is 15.9. The molecule has 1 fully saturated rings. The molecule has 1 saturated carbocycles. The monoisotopic (exact) mass is 463 g/mol. The number of aromatic nitrogens is 1. The fraction of sp³-hybridized carbons (Fsp3) is 0.308. The van der Waals surface area contributed by atoms with Gasteiger partial charge in [-0.1, -0.05) is 36.8 Å². The predicted octanol–water partition coefficient (Wildman–Crippen LogP) is 5.79. The average Bonchev–Trinajstić information content (AvgIpc) is 3.57. The second-order valence-corrected chi connectivity index (χ2v) is 9.47. The summed E-state index contributed by atoms with van der Waals surface area (Å²) in [5.74, 6) is -1.08. The lowest BCUT2D eigenvalue weighted by atomic mass is 9.94. The lowest BCUT2D eigenvalue weighted by molar-refractivity contribution is 0.0947. The highest BCUT2D eigenvalue weighted by atomic mass is 32.1. The van der Waals surface area contributed by atoms with Crippen LogP contribution in [0.3, 0.4) is 0 Å².